The molecule has 0 aromatic heterocycles. The van der Waals surface area contributed by atoms with Crippen molar-refractivity contribution in [2.45, 2.75) is 25.7 Å². The van der Waals surface area contributed by atoms with Crippen LogP contribution >= 0.6 is 0 Å². The topological polar surface area (TPSA) is 46.2 Å². The SMILES string of the molecule is O=C(Cc1ccccc1)Cc1ccccc1.O=C1CCCN1. The fourth-order valence-corrected chi connectivity index (χ4v) is 2.27. The summed E-state index contributed by atoms with van der Waals surface area (Å²) < 4.78 is 0. The largest absolute Gasteiger partial charge is 0.356 e. The van der Waals surface area contributed by atoms with Crippen molar-refractivity contribution in [1.82, 2.24) is 5.32 Å². The van der Waals surface area contributed by atoms with E-state index in [1.54, 1.807) is 0 Å². The first kappa shape index (κ1) is 16.0. The summed E-state index contributed by atoms with van der Waals surface area (Å²) in [6, 6.07) is 19.7. The molecule has 1 heterocycles. The summed E-state index contributed by atoms with van der Waals surface area (Å²) in [6.45, 7) is 0.888. The van der Waals surface area contributed by atoms with Crippen molar-refractivity contribution >= 4 is 11.7 Å². The molecule has 2 aromatic rings. The molecule has 0 radical (unpaired) electrons. The molecular weight excluding hydrogens is 274 g/mol. The number of carbonyl (C=O) groups excluding carboxylic acids is 2. The van der Waals surface area contributed by atoms with Crippen LogP contribution in [0.3, 0.4) is 0 Å². The molecule has 0 atom stereocenters. The van der Waals surface area contributed by atoms with Gasteiger partial charge in [0.15, 0.2) is 0 Å². The highest BCUT2D eigenvalue weighted by atomic mass is 16.1. The van der Waals surface area contributed by atoms with Crippen LogP contribution in [0.25, 0.3) is 0 Å². The van der Waals surface area contributed by atoms with E-state index in [4.69, 9.17) is 0 Å². The first-order chi connectivity index (χ1) is 10.7. The third-order valence-corrected chi connectivity index (χ3v) is 3.39. The van der Waals surface area contributed by atoms with Gasteiger partial charge < -0.3 is 5.32 Å². The molecule has 0 saturated carbocycles. The van der Waals surface area contributed by atoms with Crippen molar-refractivity contribution < 1.29 is 9.59 Å². The molecule has 2 aromatic carbocycles. The lowest BCUT2D eigenvalue weighted by molar-refractivity contribution is -0.119. The Morgan fingerprint density at radius 3 is 1.68 bits per heavy atom. The number of ketones is 1. The summed E-state index contributed by atoms with van der Waals surface area (Å²) in [4.78, 5) is 21.9. The minimum Gasteiger partial charge on any atom is -0.356 e. The molecule has 1 fully saturated rings. The Bertz CT molecular complexity index is 542. The fraction of sp³-hybridized carbons (Fsp3) is 0.263. The number of Topliss-reactive ketones (excluding diaryl/α,β-unsaturated/α-hetero) is 1. The first-order valence-corrected chi connectivity index (χ1v) is 7.60. The van der Waals surface area contributed by atoms with Crippen molar-refractivity contribution in [3.05, 3.63) is 71.8 Å². The Hall–Kier alpha value is -2.42. The van der Waals surface area contributed by atoms with E-state index in [0.29, 0.717) is 12.8 Å². The Kier molecular flexibility index (Phi) is 6.37. The van der Waals surface area contributed by atoms with Crippen LogP contribution in [0.15, 0.2) is 60.7 Å². The predicted octanol–water partition coefficient (Wildman–Crippen LogP) is 2.94. The van der Waals surface area contributed by atoms with Crippen molar-refractivity contribution in [3.63, 3.8) is 0 Å². The van der Waals surface area contributed by atoms with Crippen LogP contribution in [0.4, 0.5) is 0 Å². The Labute approximate surface area is 131 Å². The molecule has 3 rings (SSSR count). The van der Waals surface area contributed by atoms with E-state index in [2.05, 4.69) is 5.32 Å². The summed E-state index contributed by atoms with van der Waals surface area (Å²) in [7, 11) is 0. The van der Waals surface area contributed by atoms with Crippen LogP contribution in [0, 0.1) is 0 Å². The number of hydrogen-bond donors (Lipinski definition) is 1. The van der Waals surface area contributed by atoms with E-state index < -0.39 is 0 Å². The second-order valence-electron chi connectivity index (χ2n) is 5.32. The normalized spacial score (nSPS) is 13.0. The van der Waals surface area contributed by atoms with Gasteiger partial charge in [-0.2, -0.15) is 0 Å². The summed E-state index contributed by atoms with van der Waals surface area (Å²) in [6.07, 6.45) is 2.81. The molecule has 1 amide bonds. The molecule has 3 nitrogen and oxygen atoms in total. The number of carbonyl (C=O) groups is 2. The second-order valence-corrected chi connectivity index (χ2v) is 5.32. The monoisotopic (exact) mass is 295 g/mol. The standard InChI is InChI=1S/C15H14O.C4H7NO/c16-15(11-13-7-3-1-4-8-13)12-14-9-5-2-6-10-14;6-4-2-1-3-5-4/h1-10H,11-12H2;1-3H2,(H,5,6). The zero-order valence-corrected chi connectivity index (χ0v) is 12.6. The number of nitrogens with one attached hydrogen (secondary N) is 1. The minimum atomic E-state index is 0.204. The van der Waals surface area contributed by atoms with Gasteiger partial charge in [0.1, 0.15) is 5.78 Å². The van der Waals surface area contributed by atoms with Gasteiger partial charge in [0.25, 0.3) is 0 Å². The highest BCUT2D eigenvalue weighted by Gasteiger charge is 2.05. The van der Waals surface area contributed by atoms with Gasteiger partial charge in [-0.25, -0.2) is 0 Å². The zero-order valence-electron chi connectivity index (χ0n) is 12.6. The highest BCUT2D eigenvalue weighted by molar-refractivity contribution is 5.83. The van der Waals surface area contributed by atoms with Gasteiger partial charge >= 0.3 is 0 Å². The van der Waals surface area contributed by atoms with Crippen LogP contribution in [0.5, 0.6) is 0 Å². The third kappa shape index (κ3) is 5.92. The van der Waals surface area contributed by atoms with Crippen molar-refractivity contribution in [2.24, 2.45) is 0 Å². The molecule has 3 heteroatoms. The zero-order chi connectivity index (χ0) is 15.6. The van der Waals surface area contributed by atoms with E-state index in [9.17, 15) is 9.59 Å². The van der Waals surface area contributed by atoms with Crippen LogP contribution in [0.1, 0.15) is 24.0 Å². The summed E-state index contributed by atoms with van der Waals surface area (Å²) >= 11 is 0. The van der Waals surface area contributed by atoms with Crippen LogP contribution in [0.2, 0.25) is 0 Å². The van der Waals surface area contributed by atoms with E-state index in [1.807, 2.05) is 60.7 Å². The van der Waals surface area contributed by atoms with Gasteiger partial charge in [-0.05, 0) is 17.5 Å². The number of benzene rings is 2. The smallest absolute Gasteiger partial charge is 0.220 e. The first-order valence-electron chi connectivity index (χ1n) is 7.60. The Balaban J connectivity index is 0.000000246. The van der Waals surface area contributed by atoms with Crippen LogP contribution in [-0.4, -0.2) is 18.2 Å². The van der Waals surface area contributed by atoms with Gasteiger partial charge in [-0.1, -0.05) is 60.7 Å². The molecule has 0 spiro atoms. The lowest BCUT2D eigenvalue weighted by Gasteiger charge is -2.01. The van der Waals surface area contributed by atoms with Crippen molar-refractivity contribution in [2.75, 3.05) is 6.54 Å². The molecule has 22 heavy (non-hydrogen) atoms. The molecule has 0 bridgehead atoms. The summed E-state index contributed by atoms with van der Waals surface area (Å²) in [5.41, 5.74) is 2.17. The fourth-order valence-electron chi connectivity index (χ4n) is 2.27. The maximum Gasteiger partial charge on any atom is 0.220 e. The Morgan fingerprint density at radius 1 is 0.864 bits per heavy atom. The Morgan fingerprint density at radius 2 is 1.36 bits per heavy atom. The van der Waals surface area contributed by atoms with Crippen LogP contribution < -0.4 is 5.32 Å². The number of rotatable bonds is 4. The third-order valence-electron chi connectivity index (χ3n) is 3.39. The van der Waals surface area contributed by atoms with Gasteiger partial charge in [-0.3, -0.25) is 9.59 Å². The average molecular weight is 295 g/mol. The van der Waals surface area contributed by atoms with E-state index in [0.717, 1.165) is 30.5 Å². The quantitative estimate of drug-likeness (QED) is 0.942. The van der Waals surface area contributed by atoms with Crippen LogP contribution in [-0.2, 0) is 22.4 Å². The molecule has 0 unspecified atom stereocenters. The second kappa shape index (κ2) is 8.78. The van der Waals surface area contributed by atoms with Crippen molar-refractivity contribution in [3.8, 4) is 0 Å². The summed E-state index contributed by atoms with van der Waals surface area (Å²) in [5, 5.41) is 2.68. The molecule has 1 N–H and O–H groups in total. The van der Waals surface area contributed by atoms with Crippen molar-refractivity contribution in [1.29, 1.82) is 0 Å². The maximum absolute atomic E-state index is 11.8. The average Bonchev–Trinajstić information content (AvgIpc) is 3.01. The van der Waals surface area contributed by atoms with E-state index in [1.165, 1.54) is 0 Å². The lowest BCUT2D eigenvalue weighted by atomic mass is 10.0. The van der Waals surface area contributed by atoms with Gasteiger partial charge in [0.2, 0.25) is 5.91 Å². The molecular formula is C19H21NO2. The van der Waals surface area contributed by atoms with E-state index in [-0.39, 0.29) is 11.7 Å². The molecule has 0 aliphatic carbocycles. The van der Waals surface area contributed by atoms with Gasteiger partial charge in [-0.15, -0.1) is 0 Å². The molecule has 114 valence electrons. The predicted molar refractivity (Wildman–Crippen MR) is 87.5 cm³/mol. The van der Waals surface area contributed by atoms with E-state index >= 15 is 0 Å². The van der Waals surface area contributed by atoms with Gasteiger partial charge in [0.05, 0.1) is 0 Å². The maximum atomic E-state index is 11.8. The van der Waals surface area contributed by atoms with Gasteiger partial charge in [0, 0.05) is 25.8 Å². The highest BCUT2D eigenvalue weighted by Crippen LogP contribution is 2.05. The molecule has 1 saturated heterocycles. The molecule has 1 aliphatic heterocycles. The number of amides is 1. The molecule has 1 aliphatic rings. The summed E-state index contributed by atoms with van der Waals surface area (Å²) in [5.74, 6) is 0.465. The lowest BCUT2D eigenvalue weighted by Crippen LogP contribution is -2.12. The number of hydrogen-bond acceptors (Lipinski definition) is 2. The minimum absolute atomic E-state index is 0.204.